The van der Waals surface area contributed by atoms with Gasteiger partial charge >= 0.3 is 0 Å². The Bertz CT molecular complexity index is 621. The first-order chi connectivity index (χ1) is 12.0. The van der Waals surface area contributed by atoms with Gasteiger partial charge in [-0.2, -0.15) is 0 Å². The molecule has 2 amide bonds. The number of ether oxygens (including phenoxy) is 2. The van der Waals surface area contributed by atoms with Crippen molar-refractivity contribution in [1.82, 2.24) is 4.90 Å². The normalized spacial score (nSPS) is 20.5. The highest BCUT2D eigenvalue weighted by atomic mass is 16.5. The average molecular weight is 347 g/mol. The summed E-state index contributed by atoms with van der Waals surface area (Å²) in [4.78, 5) is 26.0. The number of aliphatic hydroxyl groups is 1. The SMILES string of the molecule is COc1ccc(COCC(O)CN2C(=O)CC3(CCCC3)C2=O)cc1. The van der Waals surface area contributed by atoms with Crippen LogP contribution in [0.4, 0.5) is 0 Å². The lowest BCUT2D eigenvalue weighted by atomic mass is 9.84. The molecule has 3 rings (SSSR count). The second kappa shape index (κ2) is 7.54. The Labute approximate surface area is 147 Å². The van der Waals surface area contributed by atoms with Crippen molar-refractivity contribution in [3.05, 3.63) is 29.8 Å². The van der Waals surface area contributed by atoms with Crippen LogP contribution in [-0.4, -0.2) is 48.2 Å². The Kier molecular flexibility index (Phi) is 5.39. The molecule has 1 N–H and O–H groups in total. The summed E-state index contributed by atoms with van der Waals surface area (Å²) < 4.78 is 10.6. The monoisotopic (exact) mass is 347 g/mol. The van der Waals surface area contributed by atoms with Gasteiger partial charge in [0.2, 0.25) is 11.8 Å². The number of amides is 2. The molecule has 1 aliphatic carbocycles. The molecule has 0 radical (unpaired) electrons. The maximum atomic E-state index is 12.6. The predicted octanol–water partition coefficient (Wildman–Crippen LogP) is 1.89. The van der Waals surface area contributed by atoms with Crippen molar-refractivity contribution < 1.29 is 24.2 Å². The number of aliphatic hydroxyl groups excluding tert-OH is 1. The van der Waals surface area contributed by atoms with E-state index in [1.807, 2.05) is 24.3 Å². The Morgan fingerprint density at radius 1 is 1.20 bits per heavy atom. The summed E-state index contributed by atoms with van der Waals surface area (Å²) in [7, 11) is 1.61. The van der Waals surface area contributed by atoms with Gasteiger partial charge in [0.25, 0.3) is 0 Å². The summed E-state index contributed by atoms with van der Waals surface area (Å²) >= 11 is 0. The van der Waals surface area contributed by atoms with Crippen LogP contribution in [0.15, 0.2) is 24.3 Å². The number of methoxy groups -OCH3 is 1. The van der Waals surface area contributed by atoms with Gasteiger partial charge in [0.1, 0.15) is 5.75 Å². The van der Waals surface area contributed by atoms with Crippen LogP contribution in [0.3, 0.4) is 0 Å². The van der Waals surface area contributed by atoms with Gasteiger partial charge in [0, 0.05) is 6.42 Å². The summed E-state index contributed by atoms with van der Waals surface area (Å²) in [5, 5.41) is 10.1. The maximum Gasteiger partial charge on any atom is 0.235 e. The highest BCUT2D eigenvalue weighted by molar-refractivity contribution is 6.06. The van der Waals surface area contributed by atoms with Crippen molar-refractivity contribution in [3.63, 3.8) is 0 Å². The molecule has 1 saturated carbocycles. The van der Waals surface area contributed by atoms with Gasteiger partial charge in [-0.15, -0.1) is 0 Å². The fourth-order valence-electron chi connectivity index (χ4n) is 3.79. The van der Waals surface area contributed by atoms with Gasteiger partial charge in [-0.25, -0.2) is 0 Å². The van der Waals surface area contributed by atoms with Crippen LogP contribution in [0.25, 0.3) is 0 Å². The molecular weight excluding hydrogens is 322 g/mol. The van der Waals surface area contributed by atoms with Crippen molar-refractivity contribution in [2.75, 3.05) is 20.3 Å². The van der Waals surface area contributed by atoms with E-state index in [2.05, 4.69) is 0 Å². The van der Waals surface area contributed by atoms with E-state index >= 15 is 0 Å². The molecule has 1 spiro atoms. The van der Waals surface area contributed by atoms with E-state index in [1.165, 1.54) is 4.90 Å². The minimum absolute atomic E-state index is 0.0159. The zero-order valence-corrected chi connectivity index (χ0v) is 14.6. The van der Waals surface area contributed by atoms with Gasteiger partial charge in [-0.3, -0.25) is 14.5 Å². The molecule has 2 aliphatic rings. The number of likely N-dealkylation sites (tertiary alicyclic amines) is 1. The van der Waals surface area contributed by atoms with Crippen LogP contribution in [0.2, 0.25) is 0 Å². The molecule has 136 valence electrons. The first kappa shape index (κ1) is 17.9. The molecule has 0 bridgehead atoms. The van der Waals surface area contributed by atoms with E-state index in [4.69, 9.17) is 9.47 Å². The number of carbonyl (C=O) groups is 2. The van der Waals surface area contributed by atoms with Crippen LogP contribution >= 0.6 is 0 Å². The zero-order valence-electron chi connectivity index (χ0n) is 14.6. The van der Waals surface area contributed by atoms with E-state index in [0.717, 1.165) is 37.0 Å². The standard InChI is InChI=1S/C19H25NO5/c1-24-16-6-4-14(5-7-16)12-25-13-15(21)11-20-17(22)10-19(18(20)23)8-2-3-9-19/h4-7,15,21H,2-3,8-13H2,1H3. The highest BCUT2D eigenvalue weighted by Gasteiger charge is 2.52. The molecule has 25 heavy (non-hydrogen) atoms. The lowest BCUT2D eigenvalue weighted by molar-refractivity contribution is -0.143. The van der Waals surface area contributed by atoms with Gasteiger partial charge in [0.05, 0.1) is 38.4 Å². The van der Waals surface area contributed by atoms with Crippen LogP contribution in [0.1, 0.15) is 37.7 Å². The molecule has 6 heteroatoms. The number of nitrogens with zero attached hydrogens (tertiary/aromatic N) is 1. The third-order valence-corrected chi connectivity index (χ3v) is 5.18. The smallest absolute Gasteiger partial charge is 0.235 e. The number of hydrogen-bond donors (Lipinski definition) is 1. The Morgan fingerprint density at radius 3 is 2.52 bits per heavy atom. The Hall–Kier alpha value is -1.92. The van der Waals surface area contributed by atoms with Gasteiger partial charge in [0.15, 0.2) is 0 Å². The van der Waals surface area contributed by atoms with Gasteiger partial charge in [-0.05, 0) is 30.5 Å². The second-order valence-corrected chi connectivity index (χ2v) is 6.99. The molecule has 1 aliphatic heterocycles. The molecule has 0 aromatic heterocycles. The van der Waals surface area contributed by atoms with E-state index in [9.17, 15) is 14.7 Å². The zero-order chi connectivity index (χ0) is 17.9. The topological polar surface area (TPSA) is 76.1 Å². The minimum Gasteiger partial charge on any atom is -0.497 e. The second-order valence-electron chi connectivity index (χ2n) is 6.99. The molecule has 6 nitrogen and oxygen atoms in total. The van der Waals surface area contributed by atoms with Crippen LogP contribution in [-0.2, 0) is 20.9 Å². The van der Waals surface area contributed by atoms with Crippen molar-refractivity contribution in [2.45, 2.75) is 44.8 Å². The van der Waals surface area contributed by atoms with Crippen molar-refractivity contribution in [3.8, 4) is 5.75 Å². The lowest BCUT2D eigenvalue weighted by Crippen LogP contribution is -2.40. The number of hydrogen-bond acceptors (Lipinski definition) is 5. The molecule has 1 saturated heterocycles. The molecule has 1 aromatic carbocycles. The van der Waals surface area contributed by atoms with Crippen molar-refractivity contribution in [1.29, 1.82) is 0 Å². The van der Waals surface area contributed by atoms with E-state index in [-0.39, 0.29) is 25.0 Å². The molecule has 1 unspecified atom stereocenters. The minimum atomic E-state index is -0.872. The van der Waals surface area contributed by atoms with Crippen LogP contribution in [0, 0.1) is 5.41 Å². The van der Waals surface area contributed by atoms with Crippen molar-refractivity contribution in [2.24, 2.45) is 5.41 Å². The lowest BCUT2D eigenvalue weighted by Gasteiger charge is -2.22. The van der Waals surface area contributed by atoms with Gasteiger partial charge in [-0.1, -0.05) is 25.0 Å². The average Bonchev–Trinajstić information content (AvgIpc) is 3.17. The van der Waals surface area contributed by atoms with E-state index in [0.29, 0.717) is 13.0 Å². The summed E-state index contributed by atoms with van der Waals surface area (Å²) in [6.07, 6.45) is 3.00. The fourth-order valence-corrected chi connectivity index (χ4v) is 3.79. The molecular formula is C19H25NO5. The first-order valence-corrected chi connectivity index (χ1v) is 8.78. The third-order valence-electron chi connectivity index (χ3n) is 5.18. The van der Waals surface area contributed by atoms with Crippen molar-refractivity contribution >= 4 is 11.8 Å². The third kappa shape index (κ3) is 3.85. The summed E-state index contributed by atoms with van der Waals surface area (Å²) in [5.74, 6) is 0.501. The van der Waals surface area contributed by atoms with Crippen LogP contribution in [0.5, 0.6) is 5.75 Å². The summed E-state index contributed by atoms with van der Waals surface area (Å²) in [6.45, 7) is 0.449. The Balaban J connectivity index is 1.46. The predicted molar refractivity (Wildman–Crippen MR) is 90.9 cm³/mol. The molecule has 1 heterocycles. The first-order valence-electron chi connectivity index (χ1n) is 8.78. The maximum absolute atomic E-state index is 12.6. The summed E-state index contributed by atoms with van der Waals surface area (Å²) in [5.41, 5.74) is 0.479. The molecule has 1 atom stereocenters. The molecule has 1 aromatic rings. The number of β-amino-alcohol motifs (C(OH)–C–C–N with tert-alkyl or cyclic N) is 1. The van der Waals surface area contributed by atoms with Gasteiger partial charge < -0.3 is 14.6 Å². The fraction of sp³-hybridized carbons (Fsp3) is 0.579. The quantitative estimate of drug-likeness (QED) is 0.762. The number of imide groups is 1. The number of rotatable bonds is 7. The van der Waals surface area contributed by atoms with E-state index in [1.54, 1.807) is 7.11 Å². The number of benzene rings is 1. The number of carbonyl (C=O) groups excluding carboxylic acids is 2. The summed E-state index contributed by atoms with van der Waals surface area (Å²) in [6, 6.07) is 7.47. The van der Waals surface area contributed by atoms with E-state index < -0.39 is 11.5 Å². The highest BCUT2D eigenvalue weighted by Crippen LogP contribution is 2.46. The largest absolute Gasteiger partial charge is 0.497 e. The molecule has 2 fully saturated rings. The van der Waals surface area contributed by atoms with Crippen LogP contribution < -0.4 is 4.74 Å². The Morgan fingerprint density at radius 2 is 1.88 bits per heavy atom.